The Morgan fingerprint density at radius 3 is 2.42 bits per heavy atom. The average Bonchev–Trinajstić information content (AvgIpc) is 2.99. The maximum absolute atomic E-state index is 12.1. The first-order valence-corrected chi connectivity index (χ1v) is 8.46. The third kappa shape index (κ3) is 2.56. The molecule has 0 spiro atoms. The van der Waals surface area contributed by atoms with Crippen molar-refractivity contribution < 1.29 is 4.79 Å². The molecule has 126 valence electrons. The minimum atomic E-state index is 0.0698. The molecule has 0 unspecified atom stereocenters. The van der Waals surface area contributed by atoms with Crippen LogP contribution < -0.4 is 5.32 Å². The van der Waals surface area contributed by atoms with E-state index in [1.807, 2.05) is 13.8 Å². The Kier molecular flexibility index (Phi) is 4.08. The van der Waals surface area contributed by atoms with Crippen LogP contribution in [-0.4, -0.2) is 22.0 Å². The monoisotopic (exact) mass is 323 g/mol. The molecule has 2 heterocycles. The molecule has 1 aromatic carbocycles. The lowest BCUT2D eigenvalue weighted by Gasteiger charge is -2.14. The topological polar surface area (TPSA) is 46.9 Å². The average molecular weight is 323 g/mol. The number of rotatable bonds is 3. The summed E-state index contributed by atoms with van der Waals surface area (Å²) in [6.45, 7) is 13.0. The SMILES string of the molecule is Cc1cc(-n2c(C)nc(C)c2C)ccc1C1=C(C(C)C)C(=O)NC1. The van der Waals surface area contributed by atoms with Gasteiger partial charge in [0.2, 0.25) is 5.91 Å². The Morgan fingerprint density at radius 2 is 1.88 bits per heavy atom. The molecule has 1 N–H and O–H groups in total. The van der Waals surface area contributed by atoms with Crippen LogP contribution in [-0.2, 0) is 4.79 Å². The zero-order chi connectivity index (χ0) is 17.6. The van der Waals surface area contributed by atoms with Crippen LogP contribution in [0.1, 0.15) is 42.2 Å². The number of nitrogens with zero attached hydrogens (tertiary/aromatic N) is 2. The standard InChI is InChI=1S/C20H25N3O/c1-11(2)19-18(10-21-20(19)24)17-8-7-16(9-12(17)3)23-14(5)13(4)22-15(23)6/h7-9,11H,10H2,1-6H3,(H,21,24). The first-order valence-electron chi connectivity index (χ1n) is 8.46. The lowest BCUT2D eigenvalue weighted by molar-refractivity contribution is -0.117. The molecule has 1 aliphatic rings. The quantitative estimate of drug-likeness (QED) is 0.937. The summed E-state index contributed by atoms with van der Waals surface area (Å²) in [5, 5.41) is 2.97. The largest absolute Gasteiger partial charge is 0.348 e. The lowest BCUT2D eigenvalue weighted by Crippen LogP contribution is -2.19. The van der Waals surface area contributed by atoms with Crippen LogP contribution >= 0.6 is 0 Å². The van der Waals surface area contributed by atoms with Crippen LogP contribution in [0.3, 0.4) is 0 Å². The molecule has 4 heteroatoms. The van der Waals surface area contributed by atoms with E-state index in [0.717, 1.165) is 33.9 Å². The summed E-state index contributed by atoms with van der Waals surface area (Å²) in [4.78, 5) is 16.7. The van der Waals surface area contributed by atoms with Crippen molar-refractivity contribution in [2.24, 2.45) is 5.92 Å². The van der Waals surface area contributed by atoms with Gasteiger partial charge >= 0.3 is 0 Å². The minimum absolute atomic E-state index is 0.0698. The summed E-state index contributed by atoms with van der Waals surface area (Å²) in [7, 11) is 0. The number of nitrogens with one attached hydrogen (secondary N) is 1. The van der Waals surface area contributed by atoms with E-state index < -0.39 is 0 Å². The molecule has 0 saturated carbocycles. The van der Waals surface area contributed by atoms with Gasteiger partial charge < -0.3 is 9.88 Å². The number of aryl methyl sites for hydroxylation is 3. The van der Waals surface area contributed by atoms with Crippen molar-refractivity contribution >= 4 is 11.5 Å². The molecule has 0 aliphatic carbocycles. The summed E-state index contributed by atoms with van der Waals surface area (Å²) in [5.74, 6) is 1.29. The molecule has 1 aliphatic heterocycles. The van der Waals surface area contributed by atoms with Gasteiger partial charge in [0.15, 0.2) is 0 Å². The van der Waals surface area contributed by atoms with Crippen molar-refractivity contribution in [2.45, 2.75) is 41.5 Å². The van der Waals surface area contributed by atoms with Crippen LogP contribution in [0.25, 0.3) is 11.3 Å². The van der Waals surface area contributed by atoms with Crippen molar-refractivity contribution in [1.82, 2.24) is 14.9 Å². The Labute approximate surface area is 143 Å². The predicted octanol–water partition coefficient (Wildman–Crippen LogP) is 3.65. The van der Waals surface area contributed by atoms with Crippen molar-refractivity contribution in [2.75, 3.05) is 6.54 Å². The molecule has 24 heavy (non-hydrogen) atoms. The van der Waals surface area contributed by atoms with Crippen LogP contribution in [0, 0.1) is 33.6 Å². The fourth-order valence-electron chi connectivity index (χ4n) is 3.63. The highest BCUT2D eigenvalue weighted by atomic mass is 16.1. The third-order valence-corrected chi connectivity index (χ3v) is 4.88. The highest BCUT2D eigenvalue weighted by Crippen LogP contribution is 2.31. The molecule has 0 saturated heterocycles. The Morgan fingerprint density at radius 1 is 1.17 bits per heavy atom. The molecule has 2 aromatic rings. The molecule has 1 amide bonds. The number of hydrogen-bond acceptors (Lipinski definition) is 2. The second kappa shape index (κ2) is 5.93. The van der Waals surface area contributed by atoms with Crippen LogP contribution in [0.15, 0.2) is 23.8 Å². The number of hydrogen-bond donors (Lipinski definition) is 1. The maximum atomic E-state index is 12.1. The van der Waals surface area contributed by atoms with Crippen molar-refractivity contribution in [3.05, 3.63) is 52.1 Å². The first-order chi connectivity index (χ1) is 11.3. The van der Waals surface area contributed by atoms with E-state index in [2.05, 4.69) is 60.8 Å². The van der Waals surface area contributed by atoms with Gasteiger partial charge in [0.1, 0.15) is 5.82 Å². The third-order valence-electron chi connectivity index (χ3n) is 4.88. The molecule has 0 radical (unpaired) electrons. The van der Waals surface area contributed by atoms with Gasteiger partial charge in [0.25, 0.3) is 0 Å². The Hall–Kier alpha value is -2.36. The fourth-order valence-corrected chi connectivity index (χ4v) is 3.63. The van der Waals surface area contributed by atoms with Gasteiger partial charge in [-0.05, 0) is 62.4 Å². The van der Waals surface area contributed by atoms with Gasteiger partial charge in [-0.3, -0.25) is 4.79 Å². The van der Waals surface area contributed by atoms with Crippen LogP contribution in [0.4, 0.5) is 0 Å². The normalized spacial score (nSPS) is 14.7. The van der Waals surface area contributed by atoms with Gasteiger partial charge in [0, 0.05) is 23.5 Å². The molecule has 3 rings (SSSR count). The summed E-state index contributed by atoms with van der Waals surface area (Å²) < 4.78 is 2.18. The zero-order valence-corrected chi connectivity index (χ0v) is 15.3. The molecular weight excluding hydrogens is 298 g/mol. The molecule has 0 atom stereocenters. The number of carbonyl (C=O) groups excluding carboxylic acids is 1. The number of imidazole rings is 1. The summed E-state index contributed by atoms with van der Waals surface area (Å²) >= 11 is 0. The number of benzene rings is 1. The van der Waals surface area contributed by atoms with Gasteiger partial charge in [0.05, 0.1) is 5.69 Å². The molecule has 0 fully saturated rings. The van der Waals surface area contributed by atoms with Crippen LogP contribution in [0.5, 0.6) is 0 Å². The van der Waals surface area contributed by atoms with Gasteiger partial charge in [-0.25, -0.2) is 4.98 Å². The van der Waals surface area contributed by atoms with Crippen molar-refractivity contribution in [3.8, 4) is 5.69 Å². The smallest absolute Gasteiger partial charge is 0.248 e. The Balaban J connectivity index is 2.10. The molecule has 1 aromatic heterocycles. The van der Waals surface area contributed by atoms with E-state index in [4.69, 9.17) is 0 Å². The zero-order valence-electron chi connectivity index (χ0n) is 15.3. The highest BCUT2D eigenvalue weighted by molar-refractivity contribution is 6.06. The summed E-state index contributed by atoms with van der Waals surface area (Å²) in [6.07, 6.45) is 0. The fraction of sp³-hybridized carbons (Fsp3) is 0.400. The molecule has 0 bridgehead atoms. The van der Waals surface area contributed by atoms with E-state index in [0.29, 0.717) is 6.54 Å². The maximum Gasteiger partial charge on any atom is 0.248 e. The highest BCUT2D eigenvalue weighted by Gasteiger charge is 2.26. The van der Waals surface area contributed by atoms with Gasteiger partial charge in [-0.1, -0.05) is 19.9 Å². The molecule has 4 nitrogen and oxygen atoms in total. The van der Waals surface area contributed by atoms with Gasteiger partial charge in [-0.2, -0.15) is 0 Å². The van der Waals surface area contributed by atoms with Crippen LogP contribution in [0.2, 0.25) is 0 Å². The van der Waals surface area contributed by atoms with E-state index in [1.54, 1.807) is 0 Å². The van der Waals surface area contributed by atoms with E-state index in [-0.39, 0.29) is 11.8 Å². The van der Waals surface area contributed by atoms with E-state index in [9.17, 15) is 4.79 Å². The van der Waals surface area contributed by atoms with E-state index in [1.165, 1.54) is 11.3 Å². The second-order valence-corrected chi connectivity index (χ2v) is 6.89. The number of aromatic nitrogens is 2. The number of amides is 1. The first kappa shape index (κ1) is 16.5. The Bertz CT molecular complexity index is 856. The number of carbonyl (C=O) groups is 1. The molecular formula is C20H25N3O. The summed E-state index contributed by atoms with van der Waals surface area (Å²) in [5.41, 5.74) is 7.74. The minimum Gasteiger partial charge on any atom is -0.348 e. The second-order valence-electron chi connectivity index (χ2n) is 6.89. The predicted molar refractivity (Wildman–Crippen MR) is 97.3 cm³/mol. The van der Waals surface area contributed by atoms with E-state index >= 15 is 0 Å². The van der Waals surface area contributed by atoms with Crippen molar-refractivity contribution in [1.29, 1.82) is 0 Å². The summed E-state index contributed by atoms with van der Waals surface area (Å²) in [6, 6.07) is 6.44. The van der Waals surface area contributed by atoms with Crippen molar-refractivity contribution in [3.63, 3.8) is 0 Å². The lowest BCUT2D eigenvalue weighted by atomic mass is 9.92. The van der Waals surface area contributed by atoms with Gasteiger partial charge in [-0.15, -0.1) is 0 Å².